The average molecular weight is 511 g/mol. The van der Waals surface area contributed by atoms with Gasteiger partial charge in [-0.1, -0.05) is 12.5 Å². The molecule has 1 heterocycles. The molecule has 2 aromatic rings. The molecule has 1 aliphatic carbocycles. The minimum atomic E-state index is -3.64. The summed E-state index contributed by atoms with van der Waals surface area (Å²) < 4.78 is 50.1. The summed E-state index contributed by atoms with van der Waals surface area (Å²) in [6, 6.07) is 5.79. The van der Waals surface area contributed by atoms with E-state index in [2.05, 4.69) is 15.0 Å². The van der Waals surface area contributed by atoms with Gasteiger partial charge in [0.1, 0.15) is 0 Å². The van der Waals surface area contributed by atoms with E-state index in [-0.39, 0.29) is 11.5 Å². The minimum absolute atomic E-state index is 0.0745. The lowest BCUT2D eigenvalue weighted by Crippen LogP contribution is -2.46. The molecular formula is C24H35FN4O5S. The van der Waals surface area contributed by atoms with Crippen molar-refractivity contribution in [2.24, 2.45) is 5.92 Å². The maximum atomic E-state index is 14.3. The molecule has 3 N–H and O–H groups in total. The van der Waals surface area contributed by atoms with Gasteiger partial charge in [0.2, 0.25) is 10.0 Å². The Morgan fingerprint density at radius 1 is 1.20 bits per heavy atom. The van der Waals surface area contributed by atoms with Crippen LogP contribution in [0.5, 0.6) is 5.75 Å². The van der Waals surface area contributed by atoms with Gasteiger partial charge in [0.25, 0.3) is 5.56 Å². The van der Waals surface area contributed by atoms with Crippen LogP contribution in [0.25, 0.3) is 0 Å². The largest absolute Gasteiger partial charge is 0.490 e. The molecule has 0 bridgehead atoms. The number of rotatable bonds is 15. The van der Waals surface area contributed by atoms with E-state index in [0.29, 0.717) is 56.9 Å². The highest BCUT2D eigenvalue weighted by Gasteiger charge is 2.32. The van der Waals surface area contributed by atoms with Gasteiger partial charge in [0.15, 0.2) is 11.6 Å². The van der Waals surface area contributed by atoms with E-state index in [4.69, 9.17) is 4.74 Å². The average Bonchev–Trinajstić information content (AvgIpc) is 3.62. The molecule has 9 nitrogen and oxygen atoms in total. The number of halogens is 1. The first-order valence-corrected chi connectivity index (χ1v) is 13.7. The predicted molar refractivity (Wildman–Crippen MR) is 133 cm³/mol. The molecule has 1 aromatic heterocycles. The Bertz CT molecular complexity index is 1210. The Labute approximate surface area is 205 Å². The third-order valence-corrected chi connectivity index (χ3v) is 7.79. The summed E-state index contributed by atoms with van der Waals surface area (Å²) in [5.74, 6) is 0.0705. The third kappa shape index (κ3) is 8.29. The molecule has 1 saturated carbocycles. The van der Waals surface area contributed by atoms with Crippen LogP contribution >= 0.6 is 0 Å². The Balaban J connectivity index is 1.61. The fraction of sp³-hybridized carbons (Fsp3) is 0.583. The molecule has 0 radical (unpaired) electrons. The summed E-state index contributed by atoms with van der Waals surface area (Å²) >= 11 is 0. The number of sulfonamides is 1. The molecule has 1 fully saturated rings. The van der Waals surface area contributed by atoms with Gasteiger partial charge in [-0.15, -0.1) is 0 Å². The normalized spacial score (nSPS) is 15.6. The predicted octanol–water partition coefficient (Wildman–Crippen LogP) is 2.08. The SMILES string of the molecule is CNCCC(C)(NS(=O)(=O)CCCCCn1ccc(=O)[nH]c1=O)c1ccc(F)c(OCC2CC2)c1. The fourth-order valence-electron chi connectivity index (χ4n) is 3.84. The minimum Gasteiger partial charge on any atom is -0.490 e. The maximum Gasteiger partial charge on any atom is 0.328 e. The van der Waals surface area contributed by atoms with Gasteiger partial charge in [-0.25, -0.2) is 22.3 Å². The van der Waals surface area contributed by atoms with Crippen molar-refractivity contribution in [2.45, 2.75) is 57.5 Å². The monoisotopic (exact) mass is 510 g/mol. The van der Waals surface area contributed by atoms with Crippen LogP contribution in [0.4, 0.5) is 4.39 Å². The van der Waals surface area contributed by atoms with Crippen molar-refractivity contribution >= 4 is 10.0 Å². The van der Waals surface area contributed by atoms with Gasteiger partial charge in [-0.2, -0.15) is 0 Å². The van der Waals surface area contributed by atoms with Crippen molar-refractivity contribution in [2.75, 3.05) is 26.0 Å². The molecule has 0 amide bonds. The lowest BCUT2D eigenvalue weighted by atomic mass is 9.89. The van der Waals surface area contributed by atoms with Crippen molar-refractivity contribution in [3.63, 3.8) is 0 Å². The molecule has 3 rings (SSSR count). The first-order valence-electron chi connectivity index (χ1n) is 12.0. The van der Waals surface area contributed by atoms with Gasteiger partial charge in [-0.05, 0) is 76.2 Å². The molecular weight excluding hydrogens is 475 g/mol. The molecule has 1 aliphatic rings. The Hall–Kier alpha value is -2.50. The Kier molecular flexibility index (Phi) is 9.26. The van der Waals surface area contributed by atoms with Gasteiger partial charge in [-0.3, -0.25) is 9.78 Å². The number of hydrogen-bond donors (Lipinski definition) is 3. The number of aromatic nitrogens is 2. The molecule has 0 saturated heterocycles. The number of H-pyrrole nitrogens is 1. The topological polar surface area (TPSA) is 122 Å². The van der Waals surface area contributed by atoms with Crippen LogP contribution in [-0.2, 0) is 22.1 Å². The maximum absolute atomic E-state index is 14.3. The summed E-state index contributed by atoms with van der Waals surface area (Å²) in [4.78, 5) is 25.1. The van der Waals surface area contributed by atoms with Gasteiger partial charge in [0.05, 0.1) is 17.9 Å². The molecule has 0 spiro atoms. The van der Waals surface area contributed by atoms with E-state index < -0.39 is 32.6 Å². The number of nitrogens with zero attached hydrogens (tertiary/aromatic N) is 1. The van der Waals surface area contributed by atoms with Gasteiger partial charge >= 0.3 is 5.69 Å². The number of nitrogens with one attached hydrogen (secondary N) is 3. The number of ether oxygens (including phenoxy) is 1. The second-order valence-electron chi connectivity index (χ2n) is 9.37. The molecule has 194 valence electrons. The van der Waals surface area contributed by atoms with Crippen LogP contribution in [0.15, 0.2) is 40.1 Å². The number of aryl methyl sites for hydroxylation is 1. The molecule has 1 aromatic carbocycles. The van der Waals surface area contributed by atoms with E-state index in [9.17, 15) is 22.4 Å². The smallest absolute Gasteiger partial charge is 0.328 e. The second kappa shape index (κ2) is 12.0. The summed E-state index contributed by atoms with van der Waals surface area (Å²) in [7, 11) is -1.85. The number of hydrogen-bond acceptors (Lipinski definition) is 6. The fourth-order valence-corrected chi connectivity index (χ4v) is 5.44. The molecule has 11 heteroatoms. The van der Waals surface area contributed by atoms with E-state index in [1.807, 2.05) is 0 Å². The van der Waals surface area contributed by atoms with Gasteiger partial charge < -0.3 is 14.6 Å². The van der Waals surface area contributed by atoms with E-state index in [1.165, 1.54) is 22.9 Å². The lowest BCUT2D eigenvalue weighted by molar-refractivity contribution is 0.283. The van der Waals surface area contributed by atoms with E-state index in [0.717, 1.165) is 12.8 Å². The zero-order chi connectivity index (χ0) is 25.5. The van der Waals surface area contributed by atoms with Crippen molar-refractivity contribution in [3.05, 3.63) is 62.7 Å². The van der Waals surface area contributed by atoms with Gasteiger partial charge in [0, 0.05) is 18.8 Å². The van der Waals surface area contributed by atoms with Crippen LogP contribution < -0.4 is 26.0 Å². The van der Waals surface area contributed by atoms with E-state index in [1.54, 1.807) is 26.1 Å². The van der Waals surface area contributed by atoms with Crippen LogP contribution in [0, 0.1) is 11.7 Å². The standard InChI is InChI=1S/C24H35FN4O5S/c1-24(11-12-26-2,19-8-9-20(25)21(16-19)34-17-18-6-7-18)28-35(32,33)15-5-3-4-13-29-14-10-22(30)27-23(29)31/h8-10,14,16,18,26,28H,3-7,11-13,15,17H2,1-2H3,(H,27,30,31). The van der Waals surface area contributed by atoms with Crippen molar-refractivity contribution in [3.8, 4) is 5.75 Å². The zero-order valence-electron chi connectivity index (χ0n) is 20.3. The first-order chi connectivity index (χ1) is 16.6. The van der Waals surface area contributed by atoms with Crippen LogP contribution in [0.1, 0.15) is 51.0 Å². The zero-order valence-corrected chi connectivity index (χ0v) is 21.1. The third-order valence-electron chi connectivity index (χ3n) is 6.20. The molecule has 1 atom stereocenters. The quantitative estimate of drug-likeness (QED) is 0.316. The first kappa shape index (κ1) is 27.1. The Morgan fingerprint density at radius 2 is 1.97 bits per heavy atom. The number of aromatic amines is 1. The molecule has 35 heavy (non-hydrogen) atoms. The highest BCUT2D eigenvalue weighted by molar-refractivity contribution is 7.89. The molecule has 0 aliphatic heterocycles. The number of unbranched alkanes of at least 4 members (excludes halogenated alkanes) is 2. The highest BCUT2D eigenvalue weighted by atomic mass is 32.2. The van der Waals surface area contributed by atoms with Crippen LogP contribution in [0.3, 0.4) is 0 Å². The number of benzene rings is 1. The summed E-state index contributed by atoms with van der Waals surface area (Å²) in [5.41, 5.74) is -1.24. The van der Waals surface area contributed by atoms with E-state index >= 15 is 0 Å². The lowest BCUT2D eigenvalue weighted by Gasteiger charge is -2.31. The highest BCUT2D eigenvalue weighted by Crippen LogP contribution is 2.33. The van der Waals surface area contributed by atoms with Crippen LogP contribution in [0.2, 0.25) is 0 Å². The molecule has 1 unspecified atom stereocenters. The second-order valence-corrected chi connectivity index (χ2v) is 11.2. The summed E-state index contributed by atoms with van der Waals surface area (Å²) in [6.45, 7) is 3.21. The van der Waals surface area contributed by atoms with Crippen molar-refractivity contribution in [1.82, 2.24) is 19.6 Å². The van der Waals surface area contributed by atoms with Crippen LogP contribution in [-0.4, -0.2) is 43.9 Å². The summed E-state index contributed by atoms with van der Waals surface area (Å²) in [6.07, 6.45) is 5.66. The van der Waals surface area contributed by atoms with Crippen molar-refractivity contribution in [1.29, 1.82) is 0 Å². The van der Waals surface area contributed by atoms with Crippen molar-refractivity contribution < 1.29 is 17.5 Å². The summed E-state index contributed by atoms with van der Waals surface area (Å²) in [5, 5.41) is 3.05. The Morgan fingerprint density at radius 3 is 2.66 bits per heavy atom.